The summed E-state index contributed by atoms with van der Waals surface area (Å²) in [5.41, 5.74) is 8.09. The molecular weight excluding hydrogens is 276 g/mol. The third-order valence-electron chi connectivity index (χ3n) is 2.88. The molecule has 0 fully saturated rings. The lowest BCUT2D eigenvalue weighted by atomic mass is 10.2. The molecule has 0 amide bonds. The van der Waals surface area contributed by atoms with Crippen LogP contribution in [0, 0.1) is 6.92 Å². The SMILES string of the molecule is CCCN(c1snc(N)c1-c1nc(C)cs1)C(C)C. The van der Waals surface area contributed by atoms with Crippen molar-refractivity contribution in [1.29, 1.82) is 0 Å². The standard InChI is InChI=1S/C13H20N4S2/c1-5-6-17(8(2)3)13-10(11(14)16-19-13)12-15-9(4)7-18-12/h7-8H,5-6H2,1-4H3,(H2,14,16). The fourth-order valence-corrected chi connectivity index (χ4v) is 3.89. The zero-order chi connectivity index (χ0) is 14.0. The Morgan fingerprint density at radius 2 is 2.16 bits per heavy atom. The van der Waals surface area contributed by atoms with Crippen molar-refractivity contribution in [3.05, 3.63) is 11.1 Å². The molecule has 4 nitrogen and oxygen atoms in total. The first kappa shape index (κ1) is 14.3. The number of nitrogens with zero attached hydrogens (tertiary/aromatic N) is 3. The van der Waals surface area contributed by atoms with Gasteiger partial charge in [0.05, 0.1) is 5.56 Å². The molecule has 6 heteroatoms. The molecule has 2 heterocycles. The Balaban J connectivity index is 2.47. The first-order chi connectivity index (χ1) is 9.04. The van der Waals surface area contributed by atoms with Gasteiger partial charge in [-0.25, -0.2) is 4.98 Å². The number of aromatic nitrogens is 2. The summed E-state index contributed by atoms with van der Waals surface area (Å²) in [5, 5.41) is 4.17. The van der Waals surface area contributed by atoms with Crippen molar-refractivity contribution in [2.24, 2.45) is 0 Å². The Kier molecular flexibility index (Phi) is 4.42. The van der Waals surface area contributed by atoms with Crippen LogP contribution in [0.15, 0.2) is 5.38 Å². The smallest absolute Gasteiger partial charge is 0.149 e. The summed E-state index contributed by atoms with van der Waals surface area (Å²) in [7, 11) is 0. The average molecular weight is 296 g/mol. The molecule has 2 N–H and O–H groups in total. The third-order valence-corrected chi connectivity index (χ3v) is 4.76. The van der Waals surface area contributed by atoms with Gasteiger partial charge in [0.15, 0.2) is 0 Å². The molecule has 0 aromatic carbocycles. The Labute approximate surface area is 122 Å². The summed E-state index contributed by atoms with van der Waals surface area (Å²) in [6, 6.07) is 0.430. The van der Waals surface area contributed by atoms with Crippen LogP contribution < -0.4 is 10.6 Å². The van der Waals surface area contributed by atoms with Gasteiger partial charge in [-0.1, -0.05) is 6.92 Å². The highest BCUT2D eigenvalue weighted by Crippen LogP contribution is 2.41. The maximum absolute atomic E-state index is 6.06. The van der Waals surface area contributed by atoms with Crippen LogP contribution in [0.2, 0.25) is 0 Å². The predicted octanol–water partition coefficient (Wildman–Crippen LogP) is 3.78. The van der Waals surface area contributed by atoms with E-state index in [0.717, 1.165) is 34.2 Å². The van der Waals surface area contributed by atoms with Crippen LogP contribution in [0.3, 0.4) is 0 Å². The van der Waals surface area contributed by atoms with Gasteiger partial charge in [0.1, 0.15) is 15.8 Å². The quantitative estimate of drug-likeness (QED) is 0.912. The lowest BCUT2D eigenvalue weighted by Gasteiger charge is -2.27. The van der Waals surface area contributed by atoms with Crippen LogP contribution in [0.4, 0.5) is 10.8 Å². The van der Waals surface area contributed by atoms with Crippen LogP contribution in [0.1, 0.15) is 32.9 Å². The van der Waals surface area contributed by atoms with Crippen LogP contribution in [0.25, 0.3) is 10.6 Å². The summed E-state index contributed by atoms with van der Waals surface area (Å²) in [6.45, 7) is 9.59. The maximum atomic E-state index is 6.06. The van der Waals surface area contributed by atoms with Gasteiger partial charge in [-0.2, -0.15) is 4.37 Å². The molecule has 0 aliphatic heterocycles. The van der Waals surface area contributed by atoms with E-state index in [9.17, 15) is 0 Å². The number of thiazole rings is 1. The van der Waals surface area contributed by atoms with Crippen LogP contribution in [0.5, 0.6) is 0 Å². The zero-order valence-corrected chi connectivity index (χ0v) is 13.4. The van der Waals surface area contributed by atoms with Crippen molar-refractivity contribution in [2.75, 3.05) is 17.2 Å². The Morgan fingerprint density at radius 3 is 2.68 bits per heavy atom. The summed E-state index contributed by atoms with van der Waals surface area (Å²) in [6.07, 6.45) is 1.10. The Bertz CT molecular complexity index is 545. The molecule has 0 spiro atoms. The van der Waals surface area contributed by atoms with Crippen LogP contribution in [-0.2, 0) is 0 Å². The van der Waals surface area contributed by atoms with Gasteiger partial charge in [0.25, 0.3) is 0 Å². The van der Waals surface area contributed by atoms with E-state index in [1.807, 2.05) is 6.92 Å². The van der Waals surface area contributed by atoms with E-state index in [1.165, 1.54) is 11.5 Å². The molecule has 2 aromatic rings. The van der Waals surface area contributed by atoms with E-state index in [4.69, 9.17) is 5.73 Å². The number of hydrogen-bond donors (Lipinski definition) is 1. The van der Waals surface area contributed by atoms with E-state index in [2.05, 4.69) is 40.4 Å². The lowest BCUT2D eigenvalue weighted by Crippen LogP contribution is -2.31. The largest absolute Gasteiger partial charge is 0.382 e. The molecule has 2 rings (SSSR count). The maximum Gasteiger partial charge on any atom is 0.149 e. The number of nitrogens with two attached hydrogens (primary N) is 1. The Hall–Kier alpha value is -1.14. The number of aryl methyl sites for hydroxylation is 1. The van der Waals surface area contributed by atoms with Crippen molar-refractivity contribution >= 4 is 33.7 Å². The Morgan fingerprint density at radius 1 is 1.42 bits per heavy atom. The van der Waals surface area contributed by atoms with Crippen molar-refractivity contribution in [2.45, 2.75) is 40.2 Å². The van der Waals surface area contributed by atoms with E-state index in [1.54, 1.807) is 11.3 Å². The molecule has 0 aliphatic rings. The van der Waals surface area contributed by atoms with Crippen LogP contribution >= 0.6 is 22.9 Å². The van der Waals surface area contributed by atoms with Gasteiger partial charge in [0, 0.05) is 23.7 Å². The molecule has 104 valence electrons. The zero-order valence-electron chi connectivity index (χ0n) is 11.8. The number of nitrogen functional groups attached to an aromatic ring is 1. The highest BCUT2D eigenvalue weighted by molar-refractivity contribution is 7.15. The average Bonchev–Trinajstić information content (AvgIpc) is 2.92. The van der Waals surface area contributed by atoms with Gasteiger partial charge < -0.3 is 10.6 Å². The molecule has 0 saturated heterocycles. The van der Waals surface area contributed by atoms with Crippen molar-refractivity contribution < 1.29 is 0 Å². The second-order valence-electron chi connectivity index (χ2n) is 4.83. The highest BCUT2D eigenvalue weighted by Gasteiger charge is 2.22. The van der Waals surface area contributed by atoms with Gasteiger partial charge in [-0.05, 0) is 38.7 Å². The van der Waals surface area contributed by atoms with E-state index < -0.39 is 0 Å². The third kappa shape index (κ3) is 2.90. The minimum Gasteiger partial charge on any atom is -0.382 e. The summed E-state index contributed by atoms with van der Waals surface area (Å²) >= 11 is 3.11. The fourth-order valence-electron chi connectivity index (χ4n) is 1.99. The first-order valence-corrected chi connectivity index (χ1v) is 8.14. The normalized spacial score (nSPS) is 11.2. The first-order valence-electron chi connectivity index (χ1n) is 6.48. The second-order valence-corrected chi connectivity index (χ2v) is 6.44. The van der Waals surface area contributed by atoms with Crippen molar-refractivity contribution in [3.8, 4) is 10.6 Å². The summed E-state index contributed by atoms with van der Waals surface area (Å²) < 4.78 is 4.33. The van der Waals surface area contributed by atoms with Gasteiger partial charge in [-0.15, -0.1) is 11.3 Å². The van der Waals surface area contributed by atoms with Crippen molar-refractivity contribution in [1.82, 2.24) is 9.36 Å². The fraction of sp³-hybridized carbons (Fsp3) is 0.538. The number of anilines is 2. The number of hydrogen-bond acceptors (Lipinski definition) is 6. The highest BCUT2D eigenvalue weighted by atomic mass is 32.1. The molecule has 0 atom stereocenters. The molecule has 2 aromatic heterocycles. The molecule has 0 aliphatic carbocycles. The lowest BCUT2D eigenvalue weighted by molar-refractivity contribution is 0.677. The summed E-state index contributed by atoms with van der Waals surface area (Å²) in [4.78, 5) is 6.92. The molecule has 19 heavy (non-hydrogen) atoms. The van der Waals surface area contributed by atoms with Gasteiger partial charge >= 0.3 is 0 Å². The molecular formula is C13H20N4S2. The van der Waals surface area contributed by atoms with E-state index >= 15 is 0 Å². The minimum atomic E-state index is 0.430. The van der Waals surface area contributed by atoms with E-state index in [-0.39, 0.29) is 0 Å². The van der Waals surface area contributed by atoms with Crippen LogP contribution in [-0.4, -0.2) is 21.9 Å². The topological polar surface area (TPSA) is 55.0 Å². The molecule has 0 bridgehead atoms. The minimum absolute atomic E-state index is 0.430. The summed E-state index contributed by atoms with van der Waals surface area (Å²) in [5.74, 6) is 0.594. The van der Waals surface area contributed by atoms with Crippen molar-refractivity contribution in [3.63, 3.8) is 0 Å². The molecule has 0 radical (unpaired) electrons. The number of rotatable bonds is 5. The van der Waals surface area contributed by atoms with E-state index in [0.29, 0.717) is 11.9 Å². The molecule has 0 saturated carbocycles. The van der Waals surface area contributed by atoms with Gasteiger partial charge in [0.2, 0.25) is 0 Å². The predicted molar refractivity (Wildman–Crippen MR) is 85.1 cm³/mol. The van der Waals surface area contributed by atoms with Gasteiger partial charge in [-0.3, -0.25) is 0 Å². The second kappa shape index (κ2) is 5.88. The molecule has 0 unspecified atom stereocenters. The monoisotopic (exact) mass is 296 g/mol.